The van der Waals surface area contributed by atoms with Crippen LogP contribution in [-0.4, -0.2) is 30.5 Å². The minimum atomic E-state index is -0.459. The van der Waals surface area contributed by atoms with E-state index in [9.17, 15) is 14.9 Å². The maximum absolute atomic E-state index is 12.4. The van der Waals surface area contributed by atoms with Gasteiger partial charge in [0, 0.05) is 24.2 Å². The highest BCUT2D eigenvalue weighted by atomic mass is 16.6. The number of nitrogens with one attached hydrogen (secondary N) is 2. The van der Waals surface area contributed by atoms with Crippen LogP contribution >= 0.6 is 0 Å². The van der Waals surface area contributed by atoms with Crippen LogP contribution in [0, 0.1) is 17.0 Å². The van der Waals surface area contributed by atoms with E-state index in [1.807, 2.05) is 25.1 Å². The van der Waals surface area contributed by atoms with E-state index in [2.05, 4.69) is 10.6 Å². The first kappa shape index (κ1) is 18.7. The molecule has 3 rings (SSSR count). The summed E-state index contributed by atoms with van der Waals surface area (Å²) in [6.07, 6.45) is 2.64. The summed E-state index contributed by atoms with van der Waals surface area (Å²) >= 11 is 0. The van der Waals surface area contributed by atoms with Crippen molar-refractivity contribution in [2.24, 2.45) is 0 Å². The first-order valence-corrected chi connectivity index (χ1v) is 8.94. The Hall–Kier alpha value is -3.09. The molecule has 0 aromatic heterocycles. The minimum absolute atomic E-state index is 0.0742. The first-order valence-electron chi connectivity index (χ1n) is 8.94. The van der Waals surface area contributed by atoms with Gasteiger partial charge in [0.25, 0.3) is 11.6 Å². The molecule has 0 radical (unpaired) electrons. The van der Waals surface area contributed by atoms with E-state index in [1.54, 1.807) is 19.2 Å². The molecule has 0 heterocycles. The maximum Gasteiger partial charge on any atom is 0.293 e. The van der Waals surface area contributed by atoms with Gasteiger partial charge in [-0.05, 0) is 49.9 Å². The zero-order valence-electron chi connectivity index (χ0n) is 15.5. The summed E-state index contributed by atoms with van der Waals surface area (Å²) in [6, 6.07) is 10.7. The smallest absolute Gasteiger partial charge is 0.293 e. The number of benzene rings is 2. The highest BCUT2D eigenvalue weighted by molar-refractivity contribution is 5.95. The molecule has 2 aromatic carbocycles. The number of nitrogens with zero attached hydrogens (tertiary/aromatic N) is 1. The lowest BCUT2D eigenvalue weighted by molar-refractivity contribution is -0.384. The Morgan fingerprint density at radius 3 is 2.70 bits per heavy atom. The summed E-state index contributed by atoms with van der Waals surface area (Å²) in [4.78, 5) is 23.3. The lowest BCUT2D eigenvalue weighted by atomic mass is 10.1. The quantitative estimate of drug-likeness (QED) is 0.549. The molecule has 7 nitrogen and oxygen atoms in total. The third-order valence-electron chi connectivity index (χ3n) is 4.51. The van der Waals surface area contributed by atoms with Gasteiger partial charge in [0.1, 0.15) is 11.4 Å². The fraction of sp³-hybridized carbons (Fsp3) is 0.350. The summed E-state index contributed by atoms with van der Waals surface area (Å²) in [5.41, 5.74) is 2.79. The molecule has 0 atom stereocenters. The second-order valence-corrected chi connectivity index (χ2v) is 6.73. The number of amides is 1. The van der Waals surface area contributed by atoms with Gasteiger partial charge in [-0.1, -0.05) is 17.7 Å². The third kappa shape index (κ3) is 4.75. The van der Waals surface area contributed by atoms with Crippen molar-refractivity contribution in [2.75, 3.05) is 19.0 Å². The zero-order chi connectivity index (χ0) is 19.4. The molecule has 1 aliphatic carbocycles. The van der Waals surface area contributed by atoms with Crippen molar-refractivity contribution < 1.29 is 14.5 Å². The van der Waals surface area contributed by atoms with Gasteiger partial charge in [-0.25, -0.2) is 0 Å². The Bertz CT molecular complexity index is 862. The van der Waals surface area contributed by atoms with Gasteiger partial charge in [-0.3, -0.25) is 14.9 Å². The molecule has 7 heteroatoms. The second kappa shape index (κ2) is 8.07. The number of nitro benzene ring substituents is 1. The Morgan fingerprint density at radius 2 is 2.04 bits per heavy atom. The summed E-state index contributed by atoms with van der Waals surface area (Å²) in [6.45, 7) is 2.41. The molecule has 1 aliphatic rings. The van der Waals surface area contributed by atoms with Crippen LogP contribution in [-0.2, 0) is 6.42 Å². The molecule has 1 saturated carbocycles. The van der Waals surface area contributed by atoms with Crippen molar-refractivity contribution in [1.82, 2.24) is 5.32 Å². The van der Waals surface area contributed by atoms with Crippen LogP contribution in [0.15, 0.2) is 36.4 Å². The van der Waals surface area contributed by atoms with Gasteiger partial charge in [0.15, 0.2) is 0 Å². The van der Waals surface area contributed by atoms with Gasteiger partial charge in [-0.2, -0.15) is 0 Å². The van der Waals surface area contributed by atoms with E-state index in [0.717, 1.165) is 29.7 Å². The Balaban J connectivity index is 1.65. The van der Waals surface area contributed by atoms with Crippen LogP contribution in [0.1, 0.15) is 34.3 Å². The second-order valence-electron chi connectivity index (χ2n) is 6.73. The van der Waals surface area contributed by atoms with E-state index in [4.69, 9.17) is 4.74 Å². The van der Waals surface area contributed by atoms with Crippen molar-refractivity contribution >= 4 is 17.3 Å². The van der Waals surface area contributed by atoms with Crippen LogP contribution in [0.3, 0.4) is 0 Å². The summed E-state index contributed by atoms with van der Waals surface area (Å²) in [7, 11) is 1.61. The standard InChI is InChI=1S/C20H23N3O4/c1-13-3-8-19(27-2)14(11-13)9-10-21-20(24)15-4-7-17(22-16-5-6-16)18(12-15)23(25)26/h3-4,7-8,11-12,16,22H,5-6,9-10H2,1-2H3,(H,21,24). The Morgan fingerprint density at radius 1 is 1.26 bits per heavy atom. The van der Waals surface area contributed by atoms with Gasteiger partial charge in [-0.15, -0.1) is 0 Å². The summed E-state index contributed by atoms with van der Waals surface area (Å²) in [5.74, 6) is 0.448. The number of methoxy groups -OCH3 is 1. The maximum atomic E-state index is 12.4. The van der Waals surface area contributed by atoms with Crippen molar-refractivity contribution in [1.29, 1.82) is 0 Å². The van der Waals surface area contributed by atoms with Crippen molar-refractivity contribution in [2.45, 2.75) is 32.2 Å². The Labute approximate surface area is 157 Å². The molecule has 0 spiro atoms. The fourth-order valence-corrected chi connectivity index (χ4v) is 2.91. The number of nitro groups is 1. The van der Waals surface area contributed by atoms with E-state index in [1.165, 1.54) is 6.07 Å². The normalized spacial score (nSPS) is 13.1. The topological polar surface area (TPSA) is 93.5 Å². The van der Waals surface area contributed by atoms with Gasteiger partial charge in [0.2, 0.25) is 0 Å². The molecule has 0 aliphatic heterocycles. The van der Waals surface area contributed by atoms with Crippen molar-refractivity contribution in [3.63, 3.8) is 0 Å². The molecular weight excluding hydrogens is 346 g/mol. The number of rotatable bonds is 8. The van der Waals surface area contributed by atoms with Crippen LogP contribution in [0.5, 0.6) is 5.75 Å². The lowest BCUT2D eigenvalue weighted by Gasteiger charge is -2.11. The SMILES string of the molecule is COc1ccc(C)cc1CCNC(=O)c1ccc(NC2CC2)c([N+](=O)[O-])c1. The van der Waals surface area contributed by atoms with E-state index in [-0.39, 0.29) is 17.2 Å². The van der Waals surface area contributed by atoms with Gasteiger partial charge in [0.05, 0.1) is 12.0 Å². The minimum Gasteiger partial charge on any atom is -0.496 e. The highest BCUT2D eigenvalue weighted by Crippen LogP contribution is 2.31. The molecule has 0 bridgehead atoms. The number of anilines is 1. The Kier molecular flexibility index (Phi) is 5.59. The average molecular weight is 369 g/mol. The lowest BCUT2D eigenvalue weighted by Crippen LogP contribution is -2.26. The molecule has 0 saturated heterocycles. The molecule has 27 heavy (non-hydrogen) atoms. The van der Waals surface area contributed by atoms with E-state index in [0.29, 0.717) is 24.7 Å². The first-order chi connectivity index (χ1) is 13.0. The van der Waals surface area contributed by atoms with Gasteiger partial charge < -0.3 is 15.4 Å². The van der Waals surface area contributed by atoms with Crippen LogP contribution < -0.4 is 15.4 Å². The average Bonchev–Trinajstić information content (AvgIpc) is 3.46. The molecule has 0 unspecified atom stereocenters. The number of carbonyl (C=O) groups excluding carboxylic acids is 1. The number of hydrogen-bond acceptors (Lipinski definition) is 5. The largest absolute Gasteiger partial charge is 0.496 e. The number of hydrogen-bond donors (Lipinski definition) is 2. The van der Waals surface area contributed by atoms with Gasteiger partial charge >= 0.3 is 0 Å². The third-order valence-corrected chi connectivity index (χ3v) is 4.51. The predicted octanol–water partition coefficient (Wildman–Crippen LogP) is 3.46. The number of carbonyl (C=O) groups is 1. The molecule has 2 aromatic rings. The zero-order valence-corrected chi connectivity index (χ0v) is 15.5. The number of aryl methyl sites for hydroxylation is 1. The predicted molar refractivity (Wildman–Crippen MR) is 104 cm³/mol. The van der Waals surface area contributed by atoms with Crippen LogP contribution in [0.4, 0.5) is 11.4 Å². The van der Waals surface area contributed by atoms with E-state index < -0.39 is 4.92 Å². The van der Waals surface area contributed by atoms with Crippen molar-refractivity contribution in [3.8, 4) is 5.75 Å². The van der Waals surface area contributed by atoms with E-state index >= 15 is 0 Å². The monoisotopic (exact) mass is 369 g/mol. The molecule has 2 N–H and O–H groups in total. The fourth-order valence-electron chi connectivity index (χ4n) is 2.91. The summed E-state index contributed by atoms with van der Waals surface area (Å²) in [5, 5.41) is 17.3. The summed E-state index contributed by atoms with van der Waals surface area (Å²) < 4.78 is 5.34. The highest BCUT2D eigenvalue weighted by Gasteiger charge is 2.25. The molecule has 1 fully saturated rings. The van der Waals surface area contributed by atoms with Crippen LogP contribution in [0.2, 0.25) is 0 Å². The molecular formula is C20H23N3O4. The van der Waals surface area contributed by atoms with Crippen molar-refractivity contribution in [3.05, 3.63) is 63.2 Å². The van der Waals surface area contributed by atoms with Crippen LogP contribution in [0.25, 0.3) is 0 Å². The molecule has 142 valence electrons. The number of ether oxygens (including phenoxy) is 1. The molecule has 1 amide bonds.